The zero-order valence-corrected chi connectivity index (χ0v) is 10.1. The quantitative estimate of drug-likeness (QED) is 0.849. The van der Waals surface area contributed by atoms with Crippen molar-refractivity contribution >= 4 is 10.9 Å². The van der Waals surface area contributed by atoms with Crippen molar-refractivity contribution in [3.8, 4) is 0 Å². The van der Waals surface area contributed by atoms with Crippen LogP contribution in [0.15, 0.2) is 30.5 Å². The molecule has 0 radical (unpaired) electrons. The van der Waals surface area contributed by atoms with Gasteiger partial charge in [-0.3, -0.25) is 0 Å². The smallest absolute Gasteiger partial charge is 0.0700 e. The third kappa shape index (κ3) is 2.21. The van der Waals surface area contributed by atoms with Gasteiger partial charge in [-0.1, -0.05) is 12.1 Å². The second-order valence-electron chi connectivity index (χ2n) is 4.75. The molecule has 1 aliphatic rings. The molecule has 3 rings (SSSR count). The highest BCUT2D eigenvalue weighted by Gasteiger charge is 2.23. The summed E-state index contributed by atoms with van der Waals surface area (Å²) in [5, 5.41) is 4.84. The zero-order valence-electron chi connectivity index (χ0n) is 10.1. The Kier molecular flexibility index (Phi) is 2.87. The average molecular weight is 230 g/mol. The number of fused-ring (bicyclic) bond motifs is 1. The second-order valence-corrected chi connectivity index (χ2v) is 4.75. The molecule has 3 heteroatoms. The highest BCUT2D eigenvalue weighted by molar-refractivity contribution is 5.79. The summed E-state index contributed by atoms with van der Waals surface area (Å²) in [6.07, 6.45) is 3.44. The van der Waals surface area contributed by atoms with Gasteiger partial charge in [0, 0.05) is 30.9 Å². The monoisotopic (exact) mass is 230 g/mol. The molecule has 2 unspecified atom stereocenters. The van der Waals surface area contributed by atoms with E-state index >= 15 is 0 Å². The maximum Gasteiger partial charge on any atom is 0.0700 e. The van der Waals surface area contributed by atoms with Crippen LogP contribution in [-0.4, -0.2) is 23.7 Å². The SMILES string of the molecule is CC1OCCC1NCc1ccc2cc[nH]c2c1. The number of benzene rings is 1. The van der Waals surface area contributed by atoms with Crippen LogP contribution >= 0.6 is 0 Å². The number of aromatic nitrogens is 1. The Morgan fingerprint density at radius 3 is 3.18 bits per heavy atom. The van der Waals surface area contributed by atoms with E-state index in [4.69, 9.17) is 4.74 Å². The van der Waals surface area contributed by atoms with Crippen LogP contribution in [-0.2, 0) is 11.3 Å². The molecule has 17 heavy (non-hydrogen) atoms. The highest BCUT2D eigenvalue weighted by atomic mass is 16.5. The molecular weight excluding hydrogens is 212 g/mol. The predicted octanol–water partition coefficient (Wildman–Crippen LogP) is 2.43. The third-order valence-electron chi connectivity index (χ3n) is 3.56. The molecule has 90 valence electrons. The van der Waals surface area contributed by atoms with Gasteiger partial charge in [0.2, 0.25) is 0 Å². The molecule has 1 aromatic heterocycles. The molecule has 0 spiro atoms. The van der Waals surface area contributed by atoms with Crippen LogP contribution < -0.4 is 5.32 Å². The summed E-state index contributed by atoms with van der Waals surface area (Å²) in [5.41, 5.74) is 2.53. The van der Waals surface area contributed by atoms with Crippen LogP contribution in [0, 0.1) is 0 Å². The van der Waals surface area contributed by atoms with E-state index in [0.717, 1.165) is 19.6 Å². The Morgan fingerprint density at radius 2 is 2.35 bits per heavy atom. The van der Waals surface area contributed by atoms with Crippen LogP contribution in [0.1, 0.15) is 18.9 Å². The number of hydrogen-bond donors (Lipinski definition) is 2. The number of nitrogens with one attached hydrogen (secondary N) is 2. The Hall–Kier alpha value is -1.32. The summed E-state index contributed by atoms with van der Waals surface area (Å²) in [6, 6.07) is 9.15. The van der Waals surface area contributed by atoms with E-state index in [0.29, 0.717) is 12.1 Å². The van der Waals surface area contributed by atoms with Crippen molar-refractivity contribution in [1.82, 2.24) is 10.3 Å². The molecule has 3 nitrogen and oxygen atoms in total. The number of aromatic amines is 1. The Morgan fingerprint density at radius 1 is 1.41 bits per heavy atom. The van der Waals surface area contributed by atoms with Crippen LogP contribution in [0.4, 0.5) is 0 Å². The van der Waals surface area contributed by atoms with Gasteiger partial charge in [0.05, 0.1) is 6.10 Å². The topological polar surface area (TPSA) is 37.0 Å². The summed E-state index contributed by atoms with van der Waals surface area (Å²) < 4.78 is 5.54. The van der Waals surface area contributed by atoms with Gasteiger partial charge in [-0.15, -0.1) is 0 Å². The summed E-state index contributed by atoms with van der Waals surface area (Å²) in [7, 11) is 0. The molecular formula is C14H18N2O. The molecule has 2 N–H and O–H groups in total. The maximum atomic E-state index is 5.54. The number of ether oxygens (including phenoxy) is 1. The highest BCUT2D eigenvalue weighted by Crippen LogP contribution is 2.16. The minimum atomic E-state index is 0.337. The van der Waals surface area contributed by atoms with E-state index in [1.54, 1.807) is 0 Å². The van der Waals surface area contributed by atoms with E-state index < -0.39 is 0 Å². The van der Waals surface area contributed by atoms with Crippen LogP contribution in [0.5, 0.6) is 0 Å². The van der Waals surface area contributed by atoms with Gasteiger partial charge in [-0.2, -0.15) is 0 Å². The van der Waals surface area contributed by atoms with E-state index in [-0.39, 0.29) is 0 Å². The lowest BCUT2D eigenvalue weighted by Gasteiger charge is -2.15. The van der Waals surface area contributed by atoms with Crippen molar-refractivity contribution in [2.45, 2.75) is 32.0 Å². The van der Waals surface area contributed by atoms with Gasteiger partial charge in [0.1, 0.15) is 0 Å². The van der Waals surface area contributed by atoms with Gasteiger partial charge >= 0.3 is 0 Å². The van der Waals surface area contributed by atoms with Gasteiger partial charge in [0.25, 0.3) is 0 Å². The molecule has 1 aromatic carbocycles. The fourth-order valence-corrected chi connectivity index (χ4v) is 2.45. The molecule has 2 aromatic rings. The molecule has 0 aliphatic carbocycles. The van der Waals surface area contributed by atoms with E-state index in [2.05, 4.69) is 41.5 Å². The van der Waals surface area contributed by atoms with Crippen molar-refractivity contribution < 1.29 is 4.74 Å². The lowest BCUT2D eigenvalue weighted by molar-refractivity contribution is 0.113. The molecule has 2 heterocycles. The first-order valence-electron chi connectivity index (χ1n) is 6.24. The molecule has 0 amide bonds. The van der Waals surface area contributed by atoms with Crippen LogP contribution in [0.2, 0.25) is 0 Å². The molecule has 2 atom stereocenters. The summed E-state index contributed by atoms with van der Waals surface area (Å²) in [5.74, 6) is 0. The fraction of sp³-hybridized carbons (Fsp3) is 0.429. The van der Waals surface area contributed by atoms with E-state index in [9.17, 15) is 0 Å². The minimum absolute atomic E-state index is 0.337. The first-order valence-corrected chi connectivity index (χ1v) is 6.24. The van der Waals surface area contributed by atoms with Crippen molar-refractivity contribution in [2.75, 3.05) is 6.61 Å². The normalized spacial score (nSPS) is 24.5. The molecule has 1 saturated heterocycles. The first-order chi connectivity index (χ1) is 8.33. The van der Waals surface area contributed by atoms with Crippen LogP contribution in [0.3, 0.4) is 0 Å². The molecule has 1 aliphatic heterocycles. The van der Waals surface area contributed by atoms with Gasteiger partial charge < -0.3 is 15.0 Å². The zero-order chi connectivity index (χ0) is 11.7. The second kappa shape index (κ2) is 4.51. The first kappa shape index (κ1) is 10.8. The minimum Gasteiger partial charge on any atom is -0.377 e. The summed E-state index contributed by atoms with van der Waals surface area (Å²) in [6.45, 7) is 3.93. The number of H-pyrrole nitrogens is 1. The third-order valence-corrected chi connectivity index (χ3v) is 3.56. The maximum absolute atomic E-state index is 5.54. The van der Waals surface area contributed by atoms with Crippen LogP contribution in [0.25, 0.3) is 10.9 Å². The Labute approximate surface area is 101 Å². The predicted molar refractivity (Wildman–Crippen MR) is 69.0 cm³/mol. The molecule has 0 saturated carbocycles. The van der Waals surface area contributed by atoms with E-state index in [1.165, 1.54) is 16.5 Å². The lowest BCUT2D eigenvalue weighted by atomic mass is 10.1. The van der Waals surface area contributed by atoms with Crippen molar-refractivity contribution in [1.29, 1.82) is 0 Å². The lowest BCUT2D eigenvalue weighted by Crippen LogP contribution is -2.34. The standard InChI is InChI=1S/C14H18N2O/c1-10-13(5-7-17-10)16-9-11-2-3-12-4-6-15-14(12)8-11/h2-4,6,8,10,13,15-16H,5,7,9H2,1H3. The average Bonchev–Trinajstić information content (AvgIpc) is 2.94. The van der Waals surface area contributed by atoms with Gasteiger partial charge in [-0.05, 0) is 36.4 Å². The van der Waals surface area contributed by atoms with E-state index in [1.807, 2.05) is 6.20 Å². The number of rotatable bonds is 3. The fourth-order valence-electron chi connectivity index (χ4n) is 2.45. The van der Waals surface area contributed by atoms with Crippen molar-refractivity contribution in [3.63, 3.8) is 0 Å². The molecule has 1 fully saturated rings. The largest absolute Gasteiger partial charge is 0.377 e. The summed E-state index contributed by atoms with van der Waals surface area (Å²) >= 11 is 0. The van der Waals surface area contributed by atoms with Crippen molar-refractivity contribution in [2.24, 2.45) is 0 Å². The van der Waals surface area contributed by atoms with Gasteiger partial charge in [-0.25, -0.2) is 0 Å². The number of hydrogen-bond acceptors (Lipinski definition) is 2. The molecule has 0 bridgehead atoms. The van der Waals surface area contributed by atoms with Gasteiger partial charge in [0.15, 0.2) is 0 Å². The Balaban J connectivity index is 1.67. The Bertz CT molecular complexity index is 506. The summed E-state index contributed by atoms with van der Waals surface area (Å²) in [4.78, 5) is 3.24. The van der Waals surface area contributed by atoms with Crippen molar-refractivity contribution in [3.05, 3.63) is 36.0 Å².